The Bertz CT molecular complexity index is 7.51. The molecule has 0 saturated heterocycles. The molecule has 0 saturated carbocycles. The second-order valence-electron chi connectivity index (χ2n) is 0. The van der Waals surface area contributed by atoms with Gasteiger partial charge in [-0.25, -0.2) is 0 Å². The molecule has 0 atom stereocenters. The summed E-state index contributed by atoms with van der Waals surface area (Å²) in [6.45, 7) is 0. The molecular weight excluding hydrogens is 334 g/mol. The van der Waals surface area contributed by atoms with Gasteiger partial charge in [0.05, 0.1) is 0 Å². The van der Waals surface area contributed by atoms with Gasteiger partial charge in [-0.2, -0.15) is 0 Å². The first-order valence-electron chi connectivity index (χ1n) is 0.408. The molecule has 0 aromatic carbocycles. The van der Waals surface area contributed by atoms with Gasteiger partial charge in [0.1, 0.15) is 0 Å². The zero-order valence-corrected chi connectivity index (χ0v) is 7.51. The molecule has 0 spiro atoms. The molecule has 0 unspecified atom stereocenters. The van der Waals surface area contributed by atoms with Crippen molar-refractivity contribution in [3.05, 3.63) is 0 Å². The van der Waals surface area contributed by atoms with Gasteiger partial charge in [0, 0.05) is 27.3 Å². The first-order valence-corrected chi connectivity index (χ1v) is 2.12. The molecule has 6 heavy (non-hydrogen) atoms. The van der Waals surface area contributed by atoms with Crippen molar-refractivity contribution >= 4 is 43.3 Å². The monoisotopic (exact) mass is 351 g/mol. The van der Waals surface area contributed by atoms with E-state index in [9.17, 15) is 0 Å². The number of hydrogen-bond acceptors (Lipinski definition) is 0. The predicted octanol–water partition coefficient (Wildman–Crippen LogP) is 1.73. The standard InChI is InChI=1S/CH3Se.3CH4.Pb/c1-2;;;;/h1H3;3*1H4;. The van der Waals surface area contributed by atoms with Gasteiger partial charge in [-0.1, -0.05) is 22.3 Å². The van der Waals surface area contributed by atoms with Gasteiger partial charge in [-0.3, -0.25) is 0 Å². The van der Waals surface area contributed by atoms with Crippen LogP contribution in [0.15, 0.2) is 0 Å². The molecule has 0 aliphatic heterocycles. The van der Waals surface area contributed by atoms with Crippen molar-refractivity contribution in [2.24, 2.45) is 0 Å². The SMILES string of the molecule is C.C.C.C[Se].[Pb]. The van der Waals surface area contributed by atoms with Gasteiger partial charge in [0.2, 0.25) is 0 Å². The summed E-state index contributed by atoms with van der Waals surface area (Å²) < 4.78 is 0. The molecule has 0 nitrogen and oxygen atoms in total. The average molecular weight is 349 g/mol. The molecule has 0 N–H and O–H groups in total. The summed E-state index contributed by atoms with van der Waals surface area (Å²) in [5.41, 5.74) is 0. The van der Waals surface area contributed by atoms with Crippen LogP contribution in [0.1, 0.15) is 22.3 Å². The third kappa shape index (κ3) is 51.7. The van der Waals surface area contributed by atoms with Crippen molar-refractivity contribution in [1.82, 2.24) is 0 Å². The molecular formula is C4H15PbSe. The van der Waals surface area contributed by atoms with Crippen LogP contribution >= 0.6 is 0 Å². The van der Waals surface area contributed by atoms with Crippen LogP contribution in [0, 0.1) is 0 Å². The van der Waals surface area contributed by atoms with Crippen molar-refractivity contribution in [2.75, 3.05) is 0 Å². The maximum Gasteiger partial charge on any atom is 0 e. The molecule has 0 bridgehead atoms. The Kier molecular flexibility index (Phi) is 792. The van der Waals surface area contributed by atoms with Crippen LogP contribution in [0.25, 0.3) is 0 Å². The van der Waals surface area contributed by atoms with E-state index in [0.29, 0.717) is 0 Å². The topological polar surface area (TPSA) is 0 Å². The summed E-state index contributed by atoms with van der Waals surface area (Å²) in [7, 11) is 0. The molecule has 0 heterocycles. The van der Waals surface area contributed by atoms with Gasteiger partial charge >= 0.3 is 21.8 Å². The Labute approximate surface area is 71.1 Å². The second-order valence-corrected chi connectivity index (χ2v) is 0. The Balaban J connectivity index is -0.000000000833. The summed E-state index contributed by atoms with van der Waals surface area (Å²) in [5.74, 6) is 1.88. The van der Waals surface area contributed by atoms with Crippen molar-refractivity contribution in [3.63, 3.8) is 0 Å². The van der Waals surface area contributed by atoms with E-state index in [2.05, 4.69) is 16.0 Å². The van der Waals surface area contributed by atoms with Crippen LogP contribution in [0.4, 0.5) is 0 Å². The second kappa shape index (κ2) is 91.8. The van der Waals surface area contributed by atoms with Crippen LogP contribution in [-0.2, 0) is 0 Å². The summed E-state index contributed by atoms with van der Waals surface area (Å²) in [6.07, 6.45) is 0. The van der Waals surface area contributed by atoms with E-state index in [1.807, 2.05) is 5.82 Å². The van der Waals surface area contributed by atoms with E-state index >= 15 is 0 Å². The maximum atomic E-state index is 2.62. The minimum atomic E-state index is 0. The predicted molar refractivity (Wildman–Crippen MR) is 37.6 cm³/mol. The molecule has 41 valence electrons. The van der Waals surface area contributed by atoms with E-state index in [1.54, 1.807) is 0 Å². The van der Waals surface area contributed by atoms with E-state index in [4.69, 9.17) is 0 Å². The third-order valence-corrected chi connectivity index (χ3v) is 0. The van der Waals surface area contributed by atoms with Gasteiger partial charge in [-0.15, -0.1) is 0 Å². The molecule has 2 heteroatoms. The fourth-order valence-electron chi connectivity index (χ4n) is 0. The fraction of sp³-hybridized carbons (Fsp3) is 1.00. The Morgan fingerprint density at radius 1 is 0.833 bits per heavy atom. The van der Waals surface area contributed by atoms with Gasteiger partial charge in [0.15, 0.2) is 0 Å². The Morgan fingerprint density at radius 3 is 0.833 bits per heavy atom. The van der Waals surface area contributed by atoms with Crippen molar-refractivity contribution in [3.8, 4) is 0 Å². The molecule has 0 rings (SSSR count). The van der Waals surface area contributed by atoms with Crippen molar-refractivity contribution in [1.29, 1.82) is 0 Å². The number of rotatable bonds is 0. The summed E-state index contributed by atoms with van der Waals surface area (Å²) in [5, 5.41) is 0. The normalized spacial score (nSPS) is 1.00. The largest absolute Gasteiger partial charge is 0 e. The van der Waals surface area contributed by atoms with E-state index in [-0.39, 0.29) is 49.6 Å². The molecule has 0 amide bonds. The minimum Gasteiger partial charge on any atom is 0 e. The molecule has 0 fully saturated rings. The van der Waals surface area contributed by atoms with Crippen LogP contribution in [-0.4, -0.2) is 43.3 Å². The molecule has 0 aliphatic rings. The first kappa shape index (κ1) is 51.8. The zero-order chi connectivity index (χ0) is 2.00. The molecule has 0 aromatic heterocycles. The van der Waals surface area contributed by atoms with Crippen LogP contribution in [0.2, 0.25) is 5.82 Å². The Hall–Kier alpha value is 1.44. The molecule has 0 aromatic rings. The Morgan fingerprint density at radius 2 is 0.833 bits per heavy atom. The fourth-order valence-corrected chi connectivity index (χ4v) is 0. The first-order chi connectivity index (χ1) is 1.00. The van der Waals surface area contributed by atoms with Gasteiger partial charge in [0.25, 0.3) is 0 Å². The summed E-state index contributed by atoms with van der Waals surface area (Å²) in [6, 6.07) is 0. The average Bonchev–Trinajstić information content (AvgIpc) is 1.00. The van der Waals surface area contributed by atoms with Crippen LogP contribution in [0.5, 0.6) is 0 Å². The minimum absolute atomic E-state index is 0. The van der Waals surface area contributed by atoms with Gasteiger partial charge < -0.3 is 0 Å². The van der Waals surface area contributed by atoms with E-state index in [1.165, 1.54) is 0 Å². The third-order valence-electron chi connectivity index (χ3n) is 0. The van der Waals surface area contributed by atoms with Crippen LogP contribution in [0.3, 0.4) is 0 Å². The number of hydrogen-bond donors (Lipinski definition) is 0. The molecule has 0 aliphatic carbocycles. The zero-order valence-electron chi connectivity index (χ0n) is 1.91. The van der Waals surface area contributed by atoms with Crippen molar-refractivity contribution < 1.29 is 0 Å². The summed E-state index contributed by atoms with van der Waals surface area (Å²) >= 11 is 2.62. The smallest absolute Gasteiger partial charge is 0 e. The molecule has 5 radical (unpaired) electrons. The maximum absolute atomic E-state index is 2.62. The van der Waals surface area contributed by atoms with Gasteiger partial charge in [-0.05, 0) is 0 Å². The van der Waals surface area contributed by atoms with E-state index in [0.717, 1.165) is 0 Å². The quantitative estimate of drug-likeness (QED) is 0.585. The summed E-state index contributed by atoms with van der Waals surface area (Å²) in [4.78, 5) is 0. The van der Waals surface area contributed by atoms with E-state index < -0.39 is 0 Å². The van der Waals surface area contributed by atoms with Crippen molar-refractivity contribution in [2.45, 2.75) is 28.1 Å². The van der Waals surface area contributed by atoms with Crippen LogP contribution < -0.4 is 0 Å².